The quantitative estimate of drug-likeness (QED) is 0.546. The first kappa shape index (κ1) is 24.6. The van der Waals surface area contributed by atoms with Gasteiger partial charge in [-0.1, -0.05) is 23.8 Å². The second-order valence-electron chi connectivity index (χ2n) is 7.74. The molecule has 8 heteroatoms. The van der Waals surface area contributed by atoms with Crippen LogP contribution in [0, 0.1) is 34.6 Å². The van der Waals surface area contributed by atoms with Crippen LogP contribution in [0.4, 0.5) is 5.69 Å². The van der Waals surface area contributed by atoms with Crippen molar-refractivity contribution in [1.29, 1.82) is 0 Å². The van der Waals surface area contributed by atoms with Crippen molar-refractivity contribution in [1.82, 2.24) is 10.6 Å². The van der Waals surface area contributed by atoms with Gasteiger partial charge in [0.1, 0.15) is 6.54 Å². The number of carbonyl (C=O) groups is 4. The van der Waals surface area contributed by atoms with Crippen LogP contribution >= 0.6 is 0 Å². The van der Waals surface area contributed by atoms with Gasteiger partial charge in [0.05, 0.1) is 6.54 Å². The van der Waals surface area contributed by atoms with E-state index in [1.807, 2.05) is 52.8 Å². The number of aryl methyl sites for hydroxylation is 5. The summed E-state index contributed by atoms with van der Waals surface area (Å²) in [5, 5.41) is 7.62. The van der Waals surface area contributed by atoms with Gasteiger partial charge in [0.2, 0.25) is 5.91 Å². The molecule has 2 aromatic carbocycles. The highest BCUT2D eigenvalue weighted by Gasteiger charge is 2.13. The number of esters is 1. The minimum Gasteiger partial charge on any atom is -0.454 e. The van der Waals surface area contributed by atoms with Gasteiger partial charge in [0.15, 0.2) is 6.61 Å². The molecule has 0 aliphatic rings. The van der Waals surface area contributed by atoms with Crippen molar-refractivity contribution in [2.24, 2.45) is 0 Å². The van der Waals surface area contributed by atoms with Crippen molar-refractivity contribution < 1.29 is 23.9 Å². The van der Waals surface area contributed by atoms with Crippen LogP contribution < -0.4 is 16.0 Å². The van der Waals surface area contributed by atoms with Crippen LogP contribution in [0.2, 0.25) is 0 Å². The van der Waals surface area contributed by atoms with E-state index < -0.39 is 24.4 Å². The van der Waals surface area contributed by atoms with Crippen LogP contribution in [0.5, 0.6) is 0 Å². The van der Waals surface area contributed by atoms with Crippen molar-refractivity contribution in [3.8, 4) is 0 Å². The molecule has 32 heavy (non-hydrogen) atoms. The molecule has 0 unspecified atom stereocenters. The summed E-state index contributed by atoms with van der Waals surface area (Å²) in [4.78, 5) is 47.9. The number of hydrogen-bond acceptors (Lipinski definition) is 5. The molecule has 0 saturated carbocycles. The van der Waals surface area contributed by atoms with Gasteiger partial charge in [0, 0.05) is 11.3 Å². The molecule has 2 rings (SSSR count). The van der Waals surface area contributed by atoms with Gasteiger partial charge in [-0.25, -0.2) is 0 Å². The lowest BCUT2D eigenvalue weighted by Gasteiger charge is -2.13. The number of ether oxygens (including phenoxy) is 1. The third-order valence-electron chi connectivity index (χ3n) is 4.91. The van der Waals surface area contributed by atoms with Crippen molar-refractivity contribution >= 4 is 29.4 Å². The van der Waals surface area contributed by atoms with E-state index in [9.17, 15) is 19.2 Å². The minimum absolute atomic E-state index is 0.257. The van der Waals surface area contributed by atoms with Gasteiger partial charge in [-0.15, -0.1) is 0 Å². The van der Waals surface area contributed by atoms with Crippen LogP contribution in [0.1, 0.15) is 38.2 Å². The standard InChI is InChI=1S/C24H29N3O5/c1-14-8-17(4)23(18(5)9-14)27-20(28)11-25-21(29)13-32-22(30)12-26-24(31)19-7-6-15(2)16(3)10-19/h6-10H,11-13H2,1-5H3,(H,25,29)(H,26,31)(H,27,28). The Labute approximate surface area is 187 Å². The number of rotatable bonds is 8. The molecule has 8 nitrogen and oxygen atoms in total. The topological polar surface area (TPSA) is 114 Å². The zero-order chi connectivity index (χ0) is 23.8. The van der Waals surface area contributed by atoms with Gasteiger partial charge in [0.25, 0.3) is 11.8 Å². The lowest BCUT2D eigenvalue weighted by Crippen LogP contribution is -2.37. The van der Waals surface area contributed by atoms with Crippen molar-refractivity contribution in [2.45, 2.75) is 34.6 Å². The molecule has 0 radical (unpaired) electrons. The molecule has 0 fully saturated rings. The maximum atomic E-state index is 12.1. The molecule has 2 aromatic rings. The van der Waals surface area contributed by atoms with Crippen LogP contribution in [0.15, 0.2) is 30.3 Å². The van der Waals surface area contributed by atoms with E-state index in [0.717, 1.165) is 27.8 Å². The molecular weight excluding hydrogens is 410 g/mol. The summed E-state index contributed by atoms with van der Waals surface area (Å²) in [6, 6.07) is 9.14. The summed E-state index contributed by atoms with van der Waals surface area (Å²) in [6.45, 7) is 8.42. The highest BCUT2D eigenvalue weighted by atomic mass is 16.5. The first-order valence-electron chi connectivity index (χ1n) is 10.2. The molecule has 0 aromatic heterocycles. The third-order valence-corrected chi connectivity index (χ3v) is 4.91. The highest BCUT2D eigenvalue weighted by Crippen LogP contribution is 2.21. The molecule has 0 heterocycles. The van der Waals surface area contributed by atoms with Crippen molar-refractivity contribution in [2.75, 3.05) is 25.0 Å². The molecule has 3 amide bonds. The van der Waals surface area contributed by atoms with E-state index in [-0.39, 0.29) is 19.0 Å². The predicted molar refractivity (Wildman–Crippen MR) is 122 cm³/mol. The molecular formula is C24H29N3O5. The Hall–Kier alpha value is -3.68. The molecule has 0 saturated heterocycles. The van der Waals surface area contributed by atoms with Crippen LogP contribution in [0.3, 0.4) is 0 Å². The SMILES string of the molecule is Cc1cc(C)c(NC(=O)CNC(=O)COC(=O)CNC(=O)c2ccc(C)c(C)c2)c(C)c1. The zero-order valence-electron chi connectivity index (χ0n) is 19.0. The normalized spacial score (nSPS) is 10.3. The van der Waals surface area contributed by atoms with Gasteiger partial charge in [-0.05, 0) is 69.0 Å². The molecule has 170 valence electrons. The Balaban J connectivity index is 1.71. The summed E-state index contributed by atoms with van der Waals surface area (Å²) < 4.78 is 4.84. The fourth-order valence-corrected chi connectivity index (χ4v) is 3.12. The molecule has 0 aliphatic heterocycles. The first-order valence-corrected chi connectivity index (χ1v) is 10.2. The number of hydrogen-bond donors (Lipinski definition) is 3. The maximum Gasteiger partial charge on any atom is 0.325 e. The second-order valence-corrected chi connectivity index (χ2v) is 7.74. The lowest BCUT2D eigenvalue weighted by atomic mass is 10.1. The van der Waals surface area contributed by atoms with Gasteiger partial charge >= 0.3 is 5.97 Å². The minimum atomic E-state index is -0.757. The second kappa shape index (κ2) is 11.1. The van der Waals surface area contributed by atoms with Crippen LogP contribution in [-0.4, -0.2) is 43.4 Å². The first-order chi connectivity index (χ1) is 15.1. The van der Waals surface area contributed by atoms with E-state index in [1.165, 1.54) is 0 Å². The summed E-state index contributed by atoms with van der Waals surface area (Å²) in [5.41, 5.74) is 6.12. The monoisotopic (exact) mass is 439 g/mol. The molecule has 0 atom stereocenters. The summed E-state index contributed by atoms with van der Waals surface area (Å²) in [5.74, 6) is -2.17. The Bertz CT molecular complexity index is 1020. The van der Waals surface area contributed by atoms with Crippen molar-refractivity contribution in [3.05, 3.63) is 63.7 Å². The van der Waals surface area contributed by atoms with Crippen LogP contribution in [-0.2, 0) is 19.1 Å². The smallest absolute Gasteiger partial charge is 0.325 e. The van der Waals surface area contributed by atoms with Gasteiger partial charge in [-0.3, -0.25) is 19.2 Å². The molecule has 3 N–H and O–H groups in total. The lowest BCUT2D eigenvalue weighted by molar-refractivity contribution is -0.147. The number of anilines is 1. The fraction of sp³-hybridized carbons (Fsp3) is 0.333. The Morgan fingerprint density at radius 2 is 1.41 bits per heavy atom. The summed E-state index contributed by atoms with van der Waals surface area (Å²) >= 11 is 0. The Morgan fingerprint density at radius 3 is 2.03 bits per heavy atom. The van der Waals surface area contributed by atoms with E-state index in [2.05, 4.69) is 16.0 Å². The number of nitrogens with one attached hydrogen (secondary N) is 3. The number of carbonyl (C=O) groups excluding carboxylic acids is 4. The fourth-order valence-electron chi connectivity index (χ4n) is 3.12. The zero-order valence-corrected chi connectivity index (χ0v) is 19.0. The number of benzene rings is 2. The van der Waals surface area contributed by atoms with E-state index in [0.29, 0.717) is 11.3 Å². The largest absolute Gasteiger partial charge is 0.454 e. The Morgan fingerprint density at radius 1 is 0.750 bits per heavy atom. The van der Waals surface area contributed by atoms with E-state index >= 15 is 0 Å². The average molecular weight is 440 g/mol. The summed E-state index contributed by atoms with van der Waals surface area (Å²) in [7, 11) is 0. The van der Waals surface area contributed by atoms with Crippen LogP contribution in [0.25, 0.3) is 0 Å². The van der Waals surface area contributed by atoms with Gasteiger partial charge in [-0.2, -0.15) is 0 Å². The highest BCUT2D eigenvalue weighted by molar-refractivity contribution is 5.97. The molecule has 0 spiro atoms. The maximum absolute atomic E-state index is 12.1. The third kappa shape index (κ3) is 7.23. The number of amides is 3. The molecule has 0 bridgehead atoms. The Kier molecular flexibility index (Phi) is 8.52. The molecule has 0 aliphatic carbocycles. The summed E-state index contributed by atoms with van der Waals surface area (Å²) in [6.07, 6.45) is 0. The van der Waals surface area contributed by atoms with Crippen molar-refractivity contribution in [3.63, 3.8) is 0 Å². The predicted octanol–water partition coefficient (Wildman–Crippen LogP) is 2.26. The van der Waals surface area contributed by atoms with E-state index in [1.54, 1.807) is 12.1 Å². The van der Waals surface area contributed by atoms with Gasteiger partial charge < -0.3 is 20.7 Å². The average Bonchev–Trinajstić information content (AvgIpc) is 2.73. The van der Waals surface area contributed by atoms with E-state index in [4.69, 9.17) is 4.74 Å².